The highest BCUT2D eigenvalue weighted by molar-refractivity contribution is 5.86. The first-order valence-corrected chi connectivity index (χ1v) is 6.95. The summed E-state index contributed by atoms with van der Waals surface area (Å²) in [6, 6.07) is 17.8. The van der Waals surface area contributed by atoms with Crippen molar-refractivity contribution < 1.29 is 18.3 Å². The predicted molar refractivity (Wildman–Crippen MR) is 83.7 cm³/mol. The maximum atomic E-state index is 13.4. The number of hydrogen-bond donors (Lipinski definition) is 0. The summed E-state index contributed by atoms with van der Waals surface area (Å²) in [6.07, 6.45) is 0.668. The quantitative estimate of drug-likeness (QED) is 0.616. The Labute approximate surface area is 132 Å². The monoisotopic (exact) mass is 310 g/mol. The van der Waals surface area contributed by atoms with Crippen LogP contribution in [0.15, 0.2) is 66.7 Å². The summed E-state index contributed by atoms with van der Waals surface area (Å²) in [5.74, 6) is -1.54. The molecule has 0 aliphatic carbocycles. The van der Waals surface area contributed by atoms with E-state index in [1.165, 1.54) is 6.07 Å². The lowest BCUT2D eigenvalue weighted by molar-refractivity contribution is 0.112. The van der Waals surface area contributed by atoms with Gasteiger partial charge in [-0.3, -0.25) is 4.79 Å². The van der Waals surface area contributed by atoms with Gasteiger partial charge in [-0.2, -0.15) is 0 Å². The molecule has 0 saturated carbocycles. The molecule has 3 rings (SSSR count). The highest BCUT2D eigenvalue weighted by atomic mass is 19.2. The number of rotatable bonds is 4. The minimum Gasteiger partial charge on any atom is -0.456 e. The highest BCUT2D eigenvalue weighted by Gasteiger charge is 2.13. The van der Waals surface area contributed by atoms with Crippen molar-refractivity contribution >= 4 is 6.29 Å². The van der Waals surface area contributed by atoms with Crippen LogP contribution in [0.5, 0.6) is 11.5 Å². The second-order valence-electron chi connectivity index (χ2n) is 4.89. The number of carbonyl (C=O) groups excluding carboxylic acids is 1. The first-order valence-electron chi connectivity index (χ1n) is 6.95. The van der Waals surface area contributed by atoms with E-state index in [9.17, 15) is 13.6 Å². The lowest BCUT2D eigenvalue weighted by Crippen LogP contribution is -1.95. The van der Waals surface area contributed by atoms with Gasteiger partial charge in [-0.15, -0.1) is 0 Å². The average Bonchev–Trinajstić information content (AvgIpc) is 2.59. The van der Waals surface area contributed by atoms with Gasteiger partial charge >= 0.3 is 0 Å². The Bertz CT molecular complexity index is 845. The van der Waals surface area contributed by atoms with Crippen LogP contribution in [0.1, 0.15) is 10.4 Å². The highest BCUT2D eigenvalue weighted by Crippen LogP contribution is 2.36. The molecule has 0 fully saturated rings. The molecule has 0 bridgehead atoms. The van der Waals surface area contributed by atoms with E-state index in [4.69, 9.17) is 4.74 Å². The number of aldehydes is 1. The second-order valence-corrected chi connectivity index (χ2v) is 4.89. The fourth-order valence-electron chi connectivity index (χ4n) is 2.26. The fraction of sp³-hybridized carbons (Fsp3) is 0. The minimum atomic E-state index is -1.01. The van der Waals surface area contributed by atoms with Gasteiger partial charge in [0.05, 0.1) is 5.56 Å². The molecular weight excluding hydrogens is 298 g/mol. The summed E-state index contributed by atoms with van der Waals surface area (Å²) in [4.78, 5) is 11.3. The summed E-state index contributed by atoms with van der Waals surface area (Å²) in [7, 11) is 0. The maximum absolute atomic E-state index is 13.4. The first kappa shape index (κ1) is 14.9. The summed E-state index contributed by atoms with van der Waals surface area (Å²) >= 11 is 0. The van der Waals surface area contributed by atoms with Crippen molar-refractivity contribution in [1.29, 1.82) is 0 Å². The van der Waals surface area contributed by atoms with Gasteiger partial charge in [-0.25, -0.2) is 8.78 Å². The van der Waals surface area contributed by atoms with E-state index in [1.807, 2.05) is 30.3 Å². The van der Waals surface area contributed by atoms with Crippen LogP contribution in [0, 0.1) is 11.6 Å². The van der Waals surface area contributed by atoms with Gasteiger partial charge in [0.2, 0.25) is 0 Å². The number of benzene rings is 3. The molecule has 0 unspecified atom stereocenters. The Kier molecular flexibility index (Phi) is 4.15. The lowest BCUT2D eigenvalue weighted by Gasteiger charge is -2.13. The molecule has 0 spiro atoms. The van der Waals surface area contributed by atoms with Gasteiger partial charge in [0, 0.05) is 11.6 Å². The van der Waals surface area contributed by atoms with E-state index >= 15 is 0 Å². The molecule has 0 amide bonds. The van der Waals surface area contributed by atoms with Gasteiger partial charge in [0.25, 0.3) is 0 Å². The van der Waals surface area contributed by atoms with Gasteiger partial charge < -0.3 is 4.74 Å². The topological polar surface area (TPSA) is 26.3 Å². The Morgan fingerprint density at radius 2 is 1.61 bits per heavy atom. The third-order valence-corrected chi connectivity index (χ3v) is 3.37. The zero-order valence-electron chi connectivity index (χ0n) is 12.0. The van der Waals surface area contributed by atoms with Crippen LogP contribution in [-0.4, -0.2) is 6.29 Å². The molecular formula is C19H12F2O2. The molecule has 0 atom stereocenters. The van der Waals surface area contributed by atoms with Crippen molar-refractivity contribution in [1.82, 2.24) is 0 Å². The molecule has 0 heterocycles. The summed E-state index contributed by atoms with van der Waals surface area (Å²) in [5, 5.41) is 0. The van der Waals surface area contributed by atoms with Gasteiger partial charge in [-0.1, -0.05) is 42.5 Å². The van der Waals surface area contributed by atoms with E-state index in [0.717, 1.165) is 17.7 Å². The van der Waals surface area contributed by atoms with E-state index in [-0.39, 0.29) is 5.75 Å². The Balaban J connectivity index is 2.09. The normalized spacial score (nSPS) is 10.3. The van der Waals surface area contributed by atoms with Crippen molar-refractivity contribution in [3.63, 3.8) is 0 Å². The van der Waals surface area contributed by atoms with Gasteiger partial charge in [0.1, 0.15) is 11.5 Å². The van der Waals surface area contributed by atoms with E-state index < -0.39 is 11.6 Å². The van der Waals surface area contributed by atoms with Gasteiger partial charge in [-0.05, 0) is 23.8 Å². The molecule has 0 N–H and O–H groups in total. The molecule has 0 radical (unpaired) electrons. The van der Waals surface area contributed by atoms with Crippen LogP contribution in [0.3, 0.4) is 0 Å². The largest absolute Gasteiger partial charge is 0.456 e. The molecule has 4 heteroatoms. The van der Waals surface area contributed by atoms with Crippen LogP contribution in [0.25, 0.3) is 11.1 Å². The van der Waals surface area contributed by atoms with Crippen molar-refractivity contribution in [2.24, 2.45) is 0 Å². The summed E-state index contributed by atoms with van der Waals surface area (Å²) < 4.78 is 32.1. The number of halogens is 2. The molecule has 0 aromatic heterocycles. The number of carbonyl (C=O) groups is 1. The maximum Gasteiger partial charge on any atom is 0.162 e. The third kappa shape index (κ3) is 3.11. The molecule has 3 aromatic carbocycles. The van der Waals surface area contributed by atoms with Crippen LogP contribution in [-0.2, 0) is 0 Å². The SMILES string of the molecule is O=Cc1cccc(-c2ccccc2)c1Oc1ccc(F)c(F)c1. The van der Waals surface area contributed by atoms with E-state index in [1.54, 1.807) is 18.2 Å². The van der Waals surface area contributed by atoms with Crippen LogP contribution < -0.4 is 4.74 Å². The van der Waals surface area contributed by atoms with Crippen molar-refractivity contribution in [3.8, 4) is 22.6 Å². The van der Waals surface area contributed by atoms with Crippen LogP contribution in [0.2, 0.25) is 0 Å². The molecule has 114 valence electrons. The van der Waals surface area contributed by atoms with E-state index in [0.29, 0.717) is 23.2 Å². The van der Waals surface area contributed by atoms with Crippen molar-refractivity contribution in [2.75, 3.05) is 0 Å². The number of ether oxygens (including phenoxy) is 1. The molecule has 0 aliphatic heterocycles. The average molecular weight is 310 g/mol. The molecule has 2 nitrogen and oxygen atoms in total. The fourth-order valence-corrected chi connectivity index (χ4v) is 2.26. The van der Waals surface area contributed by atoms with Crippen molar-refractivity contribution in [2.45, 2.75) is 0 Å². The Morgan fingerprint density at radius 1 is 0.826 bits per heavy atom. The minimum absolute atomic E-state index is 0.121. The summed E-state index contributed by atoms with van der Waals surface area (Å²) in [5.41, 5.74) is 1.88. The molecule has 3 aromatic rings. The Morgan fingerprint density at radius 3 is 2.30 bits per heavy atom. The third-order valence-electron chi connectivity index (χ3n) is 3.37. The smallest absolute Gasteiger partial charge is 0.162 e. The van der Waals surface area contributed by atoms with E-state index in [2.05, 4.69) is 0 Å². The molecule has 0 saturated heterocycles. The number of para-hydroxylation sites is 1. The molecule has 23 heavy (non-hydrogen) atoms. The predicted octanol–water partition coefficient (Wildman–Crippen LogP) is 5.24. The standard InChI is InChI=1S/C19H12F2O2/c20-17-10-9-15(11-18(17)21)23-19-14(12-22)7-4-8-16(19)13-5-2-1-3-6-13/h1-12H. The lowest BCUT2D eigenvalue weighted by atomic mass is 10.0. The second kappa shape index (κ2) is 6.40. The van der Waals surface area contributed by atoms with Gasteiger partial charge in [0.15, 0.2) is 17.9 Å². The Hall–Kier alpha value is -3.01. The first-order chi connectivity index (χ1) is 11.2. The van der Waals surface area contributed by atoms with Crippen LogP contribution >= 0.6 is 0 Å². The number of hydrogen-bond acceptors (Lipinski definition) is 2. The van der Waals surface area contributed by atoms with Crippen molar-refractivity contribution in [3.05, 3.63) is 83.9 Å². The zero-order chi connectivity index (χ0) is 16.2. The van der Waals surface area contributed by atoms with Crippen LogP contribution in [0.4, 0.5) is 8.78 Å². The zero-order valence-corrected chi connectivity index (χ0v) is 12.0. The summed E-state index contributed by atoms with van der Waals surface area (Å²) in [6.45, 7) is 0. The molecule has 0 aliphatic rings.